The van der Waals surface area contributed by atoms with Crippen LogP contribution in [0.25, 0.3) is 0 Å². The molecule has 0 bridgehead atoms. The Morgan fingerprint density at radius 3 is 2.81 bits per heavy atom. The molecule has 2 aromatic heterocycles. The van der Waals surface area contributed by atoms with Crippen molar-refractivity contribution in [2.24, 2.45) is 0 Å². The van der Waals surface area contributed by atoms with Crippen LogP contribution in [0.3, 0.4) is 0 Å². The highest BCUT2D eigenvalue weighted by Crippen LogP contribution is 2.11. The number of nitrogens with two attached hydrogens (primary N) is 1. The summed E-state index contributed by atoms with van der Waals surface area (Å²) in [5, 5.41) is 7.47. The zero-order valence-corrected chi connectivity index (χ0v) is 9.87. The van der Waals surface area contributed by atoms with Crippen LogP contribution in [0.4, 0.5) is 11.6 Å². The molecule has 0 saturated heterocycles. The largest absolute Gasteiger partial charge is 0.396 e. The summed E-state index contributed by atoms with van der Waals surface area (Å²) in [7, 11) is 0. The first kappa shape index (κ1) is 10.9. The summed E-state index contributed by atoms with van der Waals surface area (Å²) in [5.74, 6) is 0.622. The predicted molar refractivity (Wildman–Crippen MR) is 67.6 cm³/mol. The first-order valence-electron chi connectivity index (χ1n) is 5.09. The van der Waals surface area contributed by atoms with Crippen LogP contribution in [0.2, 0.25) is 0 Å². The van der Waals surface area contributed by atoms with Gasteiger partial charge in [0.2, 0.25) is 5.95 Å². The van der Waals surface area contributed by atoms with Gasteiger partial charge < -0.3 is 11.1 Å². The summed E-state index contributed by atoms with van der Waals surface area (Å²) in [5.41, 5.74) is 7.43. The lowest BCUT2D eigenvalue weighted by Crippen LogP contribution is -2.19. The summed E-state index contributed by atoms with van der Waals surface area (Å²) in [4.78, 5) is 8.21. The Morgan fingerprint density at radius 2 is 2.19 bits per heavy atom. The van der Waals surface area contributed by atoms with E-state index in [1.165, 1.54) is 5.56 Å². The van der Waals surface area contributed by atoms with Gasteiger partial charge in [-0.15, -0.1) is 0 Å². The van der Waals surface area contributed by atoms with Gasteiger partial charge in [0.05, 0.1) is 18.1 Å². The van der Waals surface area contributed by atoms with Crippen LogP contribution in [0.15, 0.2) is 29.2 Å². The quantitative estimate of drug-likeness (QED) is 0.851. The Morgan fingerprint density at radius 1 is 1.44 bits per heavy atom. The van der Waals surface area contributed by atoms with E-state index in [1.807, 2.05) is 0 Å². The van der Waals surface area contributed by atoms with Crippen LogP contribution in [0, 0.1) is 0 Å². The smallest absolute Gasteiger partial charge is 0.222 e. The molecule has 0 fully saturated rings. The summed E-state index contributed by atoms with van der Waals surface area (Å²) >= 11 is 1.71. The van der Waals surface area contributed by atoms with E-state index >= 15 is 0 Å². The molecule has 0 spiro atoms. The van der Waals surface area contributed by atoms with Crippen LogP contribution in [-0.4, -0.2) is 16.0 Å². The van der Waals surface area contributed by atoms with Gasteiger partial charge in [-0.2, -0.15) is 11.3 Å². The highest BCUT2D eigenvalue weighted by Gasteiger charge is 2.05. The van der Waals surface area contributed by atoms with E-state index in [2.05, 4.69) is 39.0 Å². The number of anilines is 2. The molecule has 0 aliphatic heterocycles. The van der Waals surface area contributed by atoms with E-state index in [0.29, 0.717) is 17.7 Å². The minimum atomic E-state index is 0.304. The molecular weight excluding hydrogens is 220 g/mol. The molecule has 1 unspecified atom stereocenters. The van der Waals surface area contributed by atoms with E-state index in [-0.39, 0.29) is 0 Å². The topological polar surface area (TPSA) is 63.8 Å². The Balaban J connectivity index is 1.92. The molecule has 0 saturated carbocycles. The Hall–Kier alpha value is -1.62. The number of thiophene rings is 1. The van der Waals surface area contributed by atoms with Crippen molar-refractivity contribution in [1.29, 1.82) is 0 Å². The molecule has 84 valence electrons. The number of hydrogen-bond acceptors (Lipinski definition) is 5. The highest BCUT2D eigenvalue weighted by molar-refractivity contribution is 7.07. The summed E-state index contributed by atoms with van der Waals surface area (Å²) in [6, 6.07) is 2.44. The second-order valence-corrected chi connectivity index (χ2v) is 4.50. The highest BCUT2D eigenvalue weighted by atomic mass is 32.1. The number of rotatable bonds is 4. The van der Waals surface area contributed by atoms with Gasteiger partial charge in [-0.25, -0.2) is 9.97 Å². The zero-order valence-electron chi connectivity index (χ0n) is 9.05. The molecule has 0 aromatic carbocycles. The first-order chi connectivity index (χ1) is 7.74. The van der Waals surface area contributed by atoms with Gasteiger partial charge in [-0.1, -0.05) is 0 Å². The molecule has 3 N–H and O–H groups in total. The molecule has 1 atom stereocenters. The lowest BCUT2D eigenvalue weighted by molar-refractivity contribution is 0.779. The number of nitrogens with one attached hydrogen (secondary N) is 1. The van der Waals surface area contributed by atoms with Crippen LogP contribution < -0.4 is 11.1 Å². The van der Waals surface area contributed by atoms with Crippen LogP contribution in [-0.2, 0) is 6.42 Å². The minimum absolute atomic E-state index is 0.304. The molecule has 5 heteroatoms. The van der Waals surface area contributed by atoms with Crippen molar-refractivity contribution in [1.82, 2.24) is 9.97 Å². The van der Waals surface area contributed by atoms with Crippen molar-refractivity contribution < 1.29 is 0 Å². The summed E-state index contributed by atoms with van der Waals surface area (Å²) < 4.78 is 0. The van der Waals surface area contributed by atoms with E-state index in [9.17, 15) is 0 Å². The maximum atomic E-state index is 5.52. The third-order valence-corrected chi connectivity index (χ3v) is 2.90. The number of nitrogen functional groups attached to an aromatic ring is 1. The third-order valence-electron chi connectivity index (χ3n) is 2.17. The van der Waals surface area contributed by atoms with Gasteiger partial charge in [-0.05, 0) is 35.7 Å². The summed E-state index contributed by atoms with van der Waals surface area (Å²) in [6.45, 7) is 2.11. The van der Waals surface area contributed by atoms with Crippen molar-refractivity contribution in [2.75, 3.05) is 11.1 Å². The Bertz CT molecular complexity index is 424. The van der Waals surface area contributed by atoms with Crippen molar-refractivity contribution in [3.05, 3.63) is 34.8 Å². The number of hydrogen-bond donors (Lipinski definition) is 2. The molecule has 2 rings (SSSR count). The molecule has 0 aliphatic rings. The average molecular weight is 234 g/mol. The lowest BCUT2D eigenvalue weighted by Gasteiger charge is -2.12. The first-order valence-corrected chi connectivity index (χ1v) is 6.03. The molecule has 0 amide bonds. The monoisotopic (exact) mass is 234 g/mol. The lowest BCUT2D eigenvalue weighted by atomic mass is 10.1. The standard InChI is InChI=1S/C11H14N4S/c1-8(4-9-2-3-16-7-9)15-11-13-5-10(12)6-14-11/h2-3,5-8H,4,12H2,1H3,(H,13,14,15). The third kappa shape index (κ3) is 2.93. The van der Waals surface area contributed by atoms with E-state index in [1.54, 1.807) is 23.7 Å². The second-order valence-electron chi connectivity index (χ2n) is 3.72. The Kier molecular flexibility index (Phi) is 3.36. The van der Waals surface area contributed by atoms with Gasteiger partial charge >= 0.3 is 0 Å². The van der Waals surface area contributed by atoms with Crippen molar-refractivity contribution in [3.63, 3.8) is 0 Å². The SMILES string of the molecule is CC(Cc1ccsc1)Nc1ncc(N)cn1. The van der Waals surface area contributed by atoms with E-state index in [4.69, 9.17) is 5.73 Å². The molecule has 16 heavy (non-hydrogen) atoms. The molecule has 2 aromatic rings. The van der Waals surface area contributed by atoms with Gasteiger partial charge in [0.1, 0.15) is 0 Å². The van der Waals surface area contributed by atoms with Crippen LogP contribution >= 0.6 is 11.3 Å². The second kappa shape index (κ2) is 4.94. The molecule has 0 radical (unpaired) electrons. The maximum absolute atomic E-state index is 5.52. The normalized spacial score (nSPS) is 12.3. The van der Waals surface area contributed by atoms with Gasteiger partial charge in [0.25, 0.3) is 0 Å². The van der Waals surface area contributed by atoms with E-state index < -0.39 is 0 Å². The maximum Gasteiger partial charge on any atom is 0.222 e. The molecule has 4 nitrogen and oxygen atoms in total. The van der Waals surface area contributed by atoms with Gasteiger partial charge in [0, 0.05) is 6.04 Å². The van der Waals surface area contributed by atoms with E-state index in [0.717, 1.165) is 6.42 Å². The Labute approximate surface area is 98.6 Å². The van der Waals surface area contributed by atoms with Gasteiger partial charge in [-0.3, -0.25) is 0 Å². The molecule has 2 heterocycles. The number of aromatic nitrogens is 2. The zero-order chi connectivity index (χ0) is 11.4. The number of nitrogens with zero attached hydrogens (tertiary/aromatic N) is 2. The van der Waals surface area contributed by atoms with Crippen LogP contribution in [0.5, 0.6) is 0 Å². The van der Waals surface area contributed by atoms with Gasteiger partial charge in [0.15, 0.2) is 0 Å². The van der Waals surface area contributed by atoms with Crippen molar-refractivity contribution in [2.45, 2.75) is 19.4 Å². The molecule has 0 aliphatic carbocycles. The average Bonchev–Trinajstić information content (AvgIpc) is 2.74. The van der Waals surface area contributed by atoms with Crippen LogP contribution in [0.1, 0.15) is 12.5 Å². The predicted octanol–water partition coefficient (Wildman–Crippen LogP) is 2.16. The van der Waals surface area contributed by atoms with Crippen molar-refractivity contribution in [3.8, 4) is 0 Å². The fourth-order valence-electron chi connectivity index (χ4n) is 1.45. The fraction of sp³-hybridized carbons (Fsp3) is 0.273. The fourth-order valence-corrected chi connectivity index (χ4v) is 2.13. The minimum Gasteiger partial charge on any atom is -0.396 e. The molecular formula is C11H14N4S. The summed E-state index contributed by atoms with van der Waals surface area (Å²) in [6.07, 6.45) is 4.18. The van der Waals surface area contributed by atoms with Crippen molar-refractivity contribution >= 4 is 23.0 Å².